The van der Waals surface area contributed by atoms with Crippen molar-refractivity contribution in [3.8, 4) is 11.3 Å². The summed E-state index contributed by atoms with van der Waals surface area (Å²) >= 11 is 11.9. The van der Waals surface area contributed by atoms with Gasteiger partial charge in [-0.15, -0.1) is 0 Å². The minimum absolute atomic E-state index is 0.409. The van der Waals surface area contributed by atoms with Gasteiger partial charge in [-0.1, -0.05) is 35.3 Å². The molecule has 0 bridgehead atoms. The minimum Gasteiger partial charge on any atom is -0.298 e. The van der Waals surface area contributed by atoms with Gasteiger partial charge >= 0.3 is 0 Å². The maximum atomic E-state index is 10.7. The van der Waals surface area contributed by atoms with Crippen LogP contribution in [0.4, 0.5) is 0 Å². The summed E-state index contributed by atoms with van der Waals surface area (Å²) in [7, 11) is 0. The van der Waals surface area contributed by atoms with E-state index < -0.39 is 0 Å². The maximum absolute atomic E-state index is 10.7. The molecule has 0 aliphatic heterocycles. The van der Waals surface area contributed by atoms with Crippen molar-refractivity contribution in [3.05, 3.63) is 40.0 Å². The van der Waals surface area contributed by atoms with Gasteiger partial charge in [0.15, 0.2) is 6.29 Å². The molecule has 0 amide bonds. The summed E-state index contributed by atoms with van der Waals surface area (Å²) in [6.07, 6.45) is 2.16. The van der Waals surface area contributed by atoms with Crippen LogP contribution in [0.25, 0.3) is 11.3 Å². The molecular weight excluding hydrogens is 235 g/mol. The van der Waals surface area contributed by atoms with Crippen molar-refractivity contribution in [2.24, 2.45) is 0 Å². The van der Waals surface area contributed by atoms with Crippen LogP contribution < -0.4 is 0 Å². The van der Waals surface area contributed by atoms with E-state index in [1.54, 1.807) is 18.2 Å². The predicted octanol–water partition coefficient (Wildman–Crippen LogP) is 3.20. The van der Waals surface area contributed by atoms with E-state index in [4.69, 9.17) is 23.2 Å². The second-order valence-corrected chi connectivity index (χ2v) is 3.70. The van der Waals surface area contributed by atoms with E-state index in [1.807, 2.05) is 0 Å². The fourth-order valence-corrected chi connectivity index (χ4v) is 1.69. The van der Waals surface area contributed by atoms with Gasteiger partial charge in [0.05, 0.1) is 27.5 Å². The Morgan fingerprint density at radius 2 is 2.13 bits per heavy atom. The average Bonchev–Trinajstić information content (AvgIpc) is 2.70. The number of benzene rings is 1. The first-order valence-electron chi connectivity index (χ1n) is 4.17. The van der Waals surface area contributed by atoms with Crippen LogP contribution in [0, 0.1) is 0 Å². The number of hydrogen-bond donors (Lipinski definition) is 1. The van der Waals surface area contributed by atoms with Crippen LogP contribution in [0.3, 0.4) is 0 Å². The Morgan fingerprint density at radius 1 is 1.33 bits per heavy atom. The molecule has 1 aromatic heterocycles. The summed E-state index contributed by atoms with van der Waals surface area (Å²) in [5.41, 5.74) is 1.71. The molecule has 2 rings (SSSR count). The van der Waals surface area contributed by atoms with Gasteiger partial charge in [0.2, 0.25) is 0 Å². The van der Waals surface area contributed by atoms with Crippen LogP contribution in [-0.4, -0.2) is 16.5 Å². The van der Waals surface area contributed by atoms with Crippen LogP contribution in [0.15, 0.2) is 24.4 Å². The number of nitrogens with one attached hydrogen (secondary N) is 1. The van der Waals surface area contributed by atoms with Gasteiger partial charge in [-0.2, -0.15) is 5.10 Å². The highest BCUT2D eigenvalue weighted by atomic mass is 35.5. The smallest absolute Gasteiger partial charge is 0.153 e. The molecule has 0 atom stereocenters. The standard InChI is InChI=1S/C10H6Cl2N2O/c11-8-3-1-2-7(9(8)12)10-6(5-15)4-13-14-10/h1-5H,(H,13,14). The minimum atomic E-state index is 0.409. The van der Waals surface area contributed by atoms with E-state index in [0.29, 0.717) is 26.9 Å². The fourth-order valence-electron chi connectivity index (χ4n) is 1.30. The van der Waals surface area contributed by atoms with Crippen molar-refractivity contribution in [2.75, 3.05) is 0 Å². The first-order valence-corrected chi connectivity index (χ1v) is 4.92. The maximum Gasteiger partial charge on any atom is 0.153 e. The number of nitrogens with zero attached hydrogens (tertiary/aromatic N) is 1. The molecule has 1 aromatic carbocycles. The fraction of sp³-hybridized carbons (Fsp3) is 0. The predicted molar refractivity (Wildman–Crippen MR) is 59.4 cm³/mol. The highest BCUT2D eigenvalue weighted by molar-refractivity contribution is 6.43. The summed E-state index contributed by atoms with van der Waals surface area (Å²) in [6.45, 7) is 0. The number of H-pyrrole nitrogens is 1. The van der Waals surface area contributed by atoms with E-state index in [0.717, 1.165) is 6.29 Å². The van der Waals surface area contributed by atoms with E-state index in [2.05, 4.69) is 10.2 Å². The van der Waals surface area contributed by atoms with Gasteiger partial charge in [0.25, 0.3) is 0 Å². The molecule has 1 heterocycles. The first kappa shape index (κ1) is 10.2. The van der Waals surface area contributed by atoms with E-state index in [-0.39, 0.29) is 0 Å². The van der Waals surface area contributed by atoms with Crippen molar-refractivity contribution in [1.29, 1.82) is 0 Å². The molecule has 0 saturated carbocycles. The lowest BCUT2D eigenvalue weighted by Crippen LogP contribution is -1.85. The molecule has 0 fully saturated rings. The van der Waals surface area contributed by atoms with Crippen molar-refractivity contribution in [1.82, 2.24) is 10.2 Å². The largest absolute Gasteiger partial charge is 0.298 e. The van der Waals surface area contributed by atoms with Crippen LogP contribution in [0.1, 0.15) is 10.4 Å². The quantitative estimate of drug-likeness (QED) is 0.820. The number of aromatic amines is 1. The topological polar surface area (TPSA) is 45.8 Å². The average molecular weight is 241 g/mol. The molecule has 5 heteroatoms. The molecule has 0 spiro atoms. The second kappa shape index (κ2) is 4.04. The van der Waals surface area contributed by atoms with E-state index >= 15 is 0 Å². The van der Waals surface area contributed by atoms with Crippen molar-refractivity contribution >= 4 is 29.5 Å². The SMILES string of the molecule is O=Cc1cn[nH]c1-c1cccc(Cl)c1Cl. The van der Waals surface area contributed by atoms with Crippen LogP contribution in [-0.2, 0) is 0 Å². The molecule has 0 radical (unpaired) electrons. The molecular formula is C10H6Cl2N2O. The highest BCUT2D eigenvalue weighted by Gasteiger charge is 2.11. The number of aromatic nitrogens is 2. The molecule has 3 nitrogen and oxygen atoms in total. The van der Waals surface area contributed by atoms with Crippen LogP contribution in [0.2, 0.25) is 10.0 Å². The summed E-state index contributed by atoms with van der Waals surface area (Å²) in [4.78, 5) is 10.7. The Balaban J connectivity index is 2.64. The summed E-state index contributed by atoms with van der Waals surface area (Å²) < 4.78 is 0. The number of hydrogen-bond acceptors (Lipinski definition) is 2. The zero-order valence-electron chi connectivity index (χ0n) is 7.50. The normalized spacial score (nSPS) is 10.3. The van der Waals surface area contributed by atoms with Gasteiger partial charge in [-0.05, 0) is 6.07 Å². The number of carbonyl (C=O) groups is 1. The summed E-state index contributed by atoms with van der Waals surface area (Å²) in [5.74, 6) is 0. The lowest BCUT2D eigenvalue weighted by Gasteiger charge is -2.03. The second-order valence-electron chi connectivity index (χ2n) is 2.92. The van der Waals surface area contributed by atoms with E-state index in [9.17, 15) is 4.79 Å². The van der Waals surface area contributed by atoms with E-state index in [1.165, 1.54) is 6.20 Å². The van der Waals surface area contributed by atoms with Crippen LogP contribution >= 0.6 is 23.2 Å². The number of halogens is 2. The van der Waals surface area contributed by atoms with Gasteiger partial charge in [0.1, 0.15) is 0 Å². The van der Waals surface area contributed by atoms with Crippen molar-refractivity contribution in [3.63, 3.8) is 0 Å². The molecule has 1 N–H and O–H groups in total. The summed E-state index contributed by atoms with van der Waals surface area (Å²) in [6, 6.07) is 5.22. The third-order valence-electron chi connectivity index (χ3n) is 2.02. The summed E-state index contributed by atoms with van der Waals surface area (Å²) in [5, 5.41) is 7.35. The molecule has 0 aliphatic rings. The zero-order valence-corrected chi connectivity index (χ0v) is 9.01. The van der Waals surface area contributed by atoms with Gasteiger partial charge < -0.3 is 0 Å². The molecule has 0 unspecified atom stereocenters. The van der Waals surface area contributed by atoms with Crippen molar-refractivity contribution in [2.45, 2.75) is 0 Å². The van der Waals surface area contributed by atoms with Gasteiger partial charge in [-0.25, -0.2) is 0 Å². The molecule has 0 aliphatic carbocycles. The van der Waals surface area contributed by atoms with Crippen LogP contribution in [0.5, 0.6) is 0 Å². The Hall–Kier alpha value is -1.32. The number of rotatable bonds is 2. The third kappa shape index (κ3) is 1.76. The third-order valence-corrected chi connectivity index (χ3v) is 2.84. The number of aldehydes is 1. The number of carbonyl (C=O) groups excluding carboxylic acids is 1. The lowest BCUT2D eigenvalue weighted by molar-refractivity contribution is 0.112. The van der Waals surface area contributed by atoms with Gasteiger partial charge in [-0.3, -0.25) is 9.89 Å². The molecule has 2 aromatic rings. The Morgan fingerprint density at radius 3 is 2.87 bits per heavy atom. The Bertz CT molecular complexity index is 508. The molecule has 76 valence electrons. The Labute approximate surface area is 96.0 Å². The molecule has 15 heavy (non-hydrogen) atoms. The highest BCUT2D eigenvalue weighted by Crippen LogP contribution is 2.33. The zero-order chi connectivity index (χ0) is 10.8. The van der Waals surface area contributed by atoms with Gasteiger partial charge in [0, 0.05) is 5.56 Å². The van der Waals surface area contributed by atoms with Crippen molar-refractivity contribution < 1.29 is 4.79 Å². The lowest BCUT2D eigenvalue weighted by atomic mass is 10.1. The first-order chi connectivity index (χ1) is 7.24. The molecule has 0 saturated heterocycles. The monoisotopic (exact) mass is 240 g/mol. The Kier molecular flexibility index (Phi) is 2.75.